The fourth-order valence-corrected chi connectivity index (χ4v) is 6.11. The van der Waals surface area contributed by atoms with Gasteiger partial charge in [-0.25, -0.2) is 17.4 Å². The van der Waals surface area contributed by atoms with Crippen LogP contribution >= 0.6 is 11.3 Å². The third-order valence-corrected chi connectivity index (χ3v) is 8.43. The van der Waals surface area contributed by atoms with Gasteiger partial charge in [-0.15, -0.1) is 11.3 Å². The van der Waals surface area contributed by atoms with Crippen molar-refractivity contribution in [2.24, 2.45) is 0 Å². The Morgan fingerprint density at radius 3 is 2.50 bits per heavy atom. The molecule has 0 radical (unpaired) electrons. The van der Waals surface area contributed by atoms with Gasteiger partial charge in [0.05, 0.1) is 33.1 Å². The van der Waals surface area contributed by atoms with E-state index in [1.54, 1.807) is 24.3 Å². The summed E-state index contributed by atoms with van der Waals surface area (Å²) in [5.74, 6) is 0. The highest BCUT2D eigenvalue weighted by molar-refractivity contribution is 7.91. The number of unbranched alkanes of at least 4 members (excludes halogenated alkanes) is 1. The van der Waals surface area contributed by atoms with E-state index >= 15 is 0 Å². The molecule has 0 aliphatic heterocycles. The van der Waals surface area contributed by atoms with Gasteiger partial charge < -0.3 is 10.1 Å². The van der Waals surface area contributed by atoms with Crippen LogP contribution in [0.25, 0.3) is 11.1 Å². The van der Waals surface area contributed by atoms with Crippen LogP contribution in [0.2, 0.25) is 0 Å². The van der Waals surface area contributed by atoms with Crippen molar-refractivity contribution in [1.82, 2.24) is 5.32 Å². The number of alkyl carbamates (subject to hydrolysis) is 1. The summed E-state index contributed by atoms with van der Waals surface area (Å²) in [5.41, 5.74) is 1.53. The fraction of sp³-hybridized carbons (Fsp3) is 0.261. The third-order valence-electron chi connectivity index (χ3n) is 4.59. The van der Waals surface area contributed by atoms with Crippen LogP contribution in [0.4, 0.5) is 4.79 Å². The molecule has 1 atom stereocenters. The minimum Gasteiger partial charge on any atom is -0.450 e. The van der Waals surface area contributed by atoms with E-state index in [1.165, 1.54) is 17.4 Å². The lowest BCUT2D eigenvalue weighted by atomic mass is 10.1. The summed E-state index contributed by atoms with van der Waals surface area (Å²) in [4.78, 5) is 13.1. The quantitative estimate of drug-likeness (QED) is 0.425. The van der Waals surface area contributed by atoms with Crippen molar-refractivity contribution < 1.29 is 22.2 Å². The molecule has 0 saturated carbocycles. The van der Waals surface area contributed by atoms with Gasteiger partial charge >= 0.3 is 6.09 Å². The average Bonchev–Trinajstić information content (AvgIpc) is 3.26. The monoisotopic (exact) mass is 491 g/mol. The Balaban J connectivity index is 1.81. The molecular weight excluding hydrogens is 466 g/mol. The summed E-state index contributed by atoms with van der Waals surface area (Å²) in [6.45, 7) is 2.66. The van der Waals surface area contributed by atoms with Gasteiger partial charge in [-0.1, -0.05) is 43.7 Å². The Bertz CT molecular complexity index is 1200. The van der Waals surface area contributed by atoms with E-state index in [9.17, 15) is 17.4 Å². The lowest BCUT2D eigenvalue weighted by Gasteiger charge is -2.09. The zero-order valence-corrected chi connectivity index (χ0v) is 20.3. The molecule has 0 saturated heterocycles. The van der Waals surface area contributed by atoms with Crippen LogP contribution in [0.5, 0.6) is 0 Å². The van der Waals surface area contributed by atoms with E-state index in [4.69, 9.17) is 4.74 Å². The summed E-state index contributed by atoms with van der Waals surface area (Å²) in [6, 6.07) is 17.7. The molecule has 0 aliphatic carbocycles. The number of hydrogen-bond donors (Lipinski definition) is 1. The van der Waals surface area contributed by atoms with E-state index < -0.39 is 26.7 Å². The molecule has 0 spiro atoms. The maximum absolute atomic E-state index is 13.2. The SMILES string of the molecule is CCCCOC(=O)NCc1ccc(S(=O)c2cc(-c3ccccc3)cc(S(C)(=O)=O)c2)s1. The summed E-state index contributed by atoms with van der Waals surface area (Å²) in [7, 11) is -5.05. The Morgan fingerprint density at radius 2 is 1.81 bits per heavy atom. The Kier molecular flexibility index (Phi) is 8.22. The van der Waals surface area contributed by atoms with Gasteiger partial charge in [0.1, 0.15) is 0 Å². The number of ether oxygens (including phenoxy) is 1. The van der Waals surface area contributed by atoms with Gasteiger partial charge in [0.2, 0.25) is 0 Å². The van der Waals surface area contributed by atoms with E-state index in [1.807, 2.05) is 37.3 Å². The maximum atomic E-state index is 13.2. The largest absolute Gasteiger partial charge is 0.450 e. The number of benzene rings is 2. The standard InChI is InChI=1S/C23H25NO5S3/c1-3-4-12-29-23(25)24-16-19-10-11-22(30-19)31(26)20-13-18(17-8-6-5-7-9-17)14-21(15-20)32(2,27)28/h5-11,13-15H,3-4,12,16H2,1-2H3,(H,24,25). The van der Waals surface area contributed by atoms with Crippen molar-refractivity contribution >= 4 is 38.1 Å². The van der Waals surface area contributed by atoms with Crippen molar-refractivity contribution in [3.8, 4) is 11.1 Å². The Labute approximate surface area is 195 Å². The highest BCUT2D eigenvalue weighted by Crippen LogP contribution is 2.30. The highest BCUT2D eigenvalue weighted by atomic mass is 32.2. The molecular formula is C23H25NO5S3. The Hall–Kier alpha value is -2.49. The van der Waals surface area contributed by atoms with E-state index in [2.05, 4.69) is 5.32 Å². The average molecular weight is 492 g/mol. The number of nitrogens with one attached hydrogen (secondary N) is 1. The number of sulfone groups is 1. The van der Waals surface area contributed by atoms with Gasteiger partial charge in [0.25, 0.3) is 0 Å². The van der Waals surface area contributed by atoms with Gasteiger partial charge in [-0.05, 0) is 47.9 Å². The van der Waals surface area contributed by atoms with E-state index in [0.717, 1.165) is 29.5 Å². The molecule has 0 aliphatic rings. The van der Waals surface area contributed by atoms with E-state index in [-0.39, 0.29) is 11.4 Å². The molecule has 2 aromatic carbocycles. The third kappa shape index (κ3) is 6.51. The number of amides is 1. The molecule has 1 amide bonds. The van der Waals surface area contributed by atoms with Crippen molar-refractivity contribution in [3.63, 3.8) is 0 Å². The van der Waals surface area contributed by atoms with Gasteiger partial charge in [0, 0.05) is 16.0 Å². The maximum Gasteiger partial charge on any atom is 0.407 e. The molecule has 0 fully saturated rings. The highest BCUT2D eigenvalue weighted by Gasteiger charge is 2.17. The summed E-state index contributed by atoms with van der Waals surface area (Å²) in [5, 5.41) is 2.68. The van der Waals surface area contributed by atoms with Crippen molar-refractivity contribution in [2.75, 3.05) is 12.9 Å². The van der Waals surface area contributed by atoms with Crippen LogP contribution < -0.4 is 5.32 Å². The van der Waals surface area contributed by atoms with Gasteiger partial charge in [-0.2, -0.15) is 0 Å². The fourth-order valence-electron chi connectivity index (χ4n) is 2.88. The number of thiophene rings is 1. The molecule has 3 aromatic rings. The minimum atomic E-state index is -3.49. The van der Waals surface area contributed by atoms with E-state index in [0.29, 0.717) is 21.3 Å². The molecule has 170 valence electrons. The topological polar surface area (TPSA) is 89.5 Å². The number of carbonyl (C=O) groups excluding carboxylic acids is 1. The molecule has 1 unspecified atom stereocenters. The predicted molar refractivity (Wildman–Crippen MR) is 127 cm³/mol. The lowest BCUT2D eigenvalue weighted by molar-refractivity contribution is 0.144. The van der Waals surface area contributed by atoms with Crippen LogP contribution in [0.15, 0.2) is 74.7 Å². The van der Waals surface area contributed by atoms with Crippen molar-refractivity contribution in [3.05, 3.63) is 65.5 Å². The molecule has 3 rings (SSSR count). The normalized spacial score (nSPS) is 12.3. The first-order valence-electron chi connectivity index (χ1n) is 10.1. The number of hydrogen-bond acceptors (Lipinski definition) is 6. The van der Waals surface area contributed by atoms with Crippen LogP contribution in [-0.4, -0.2) is 31.6 Å². The first-order chi connectivity index (χ1) is 15.3. The van der Waals surface area contributed by atoms with Crippen LogP contribution in [-0.2, 0) is 31.9 Å². The van der Waals surface area contributed by atoms with Crippen molar-refractivity contribution in [1.29, 1.82) is 0 Å². The second-order valence-corrected chi connectivity index (χ2v) is 12.1. The first-order valence-corrected chi connectivity index (χ1v) is 14.0. The zero-order chi connectivity index (χ0) is 23.1. The zero-order valence-electron chi connectivity index (χ0n) is 17.9. The first kappa shape index (κ1) is 24.2. The molecule has 1 heterocycles. The smallest absolute Gasteiger partial charge is 0.407 e. The molecule has 32 heavy (non-hydrogen) atoms. The van der Waals surface area contributed by atoms with Crippen molar-refractivity contribution in [2.45, 2.75) is 40.3 Å². The minimum absolute atomic E-state index is 0.121. The molecule has 0 bridgehead atoms. The summed E-state index contributed by atoms with van der Waals surface area (Å²) >= 11 is 1.30. The molecule has 1 aromatic heterocycles. The van der Waals surface area contributed by atoms with Crippen LogP contribution in [0, 0.1) is 0 Å². The summed E-state index contributed by atoms with van der Waals surface area (Å²) in [6.07, 6.45) is 2.41. The predicted octanol–water partition coefficient (Wildman–Crippen LogP) is 5.01. The lowest BCUT2D eigenvalue weighted by Crippen LogP contribution is -2.23. The van der Waals surface area contributed by atoms with Crippen LogP contribution in [0.1, 0.15) is 24.6 Å². The molecule has 9 heteroatoms. The van der Waals surface area contributed by atoms with Gasteiger partial charge in [-0.3, -0.25) is 0 Å². The molecule has 6 nitrogen and oxygen atoms in total. The summed E-state index contributed by atoms with van der Waals surface area (Å²) < 4.78 is 43.3. The second kappa shape index (κ2) is 10.9. The van der Waals surface area contributed by atoms with Gasteiger partial charge in [0.15, 0.2) is 9.84 Å². The number of rotatable bonds is 9. The second-order valence-electron chi connectivity index (χ2n) is 7.16. The number of carbonyl (C=O) groups is 1. The molecule has 1 N–H and O–H groups in total. The Morgan fingerprint density at radius 1 is 1.06 bits per heavy atom. The van der Waals surface area contributed by atoms with Crippen LogP contribution in [0.3, 0.4) is 0 Å².